The van der Waals surface area contributed by atoms with Crippen LogP contribution in [0.25, 0.3) is 0 Å². The Hall–Kier alpha value is -2.16. The zero-order chi connectivity index (χ0) is 18.2. The van der Waals surface area contributed by atoms with Crippen molar-refractivity contribution in [3.8, 4) is 23.6 Å². The molecule has 3 rings (SSSR count). The molecule has 0 aromatic heterocycles. The van der Waals surface area contributed by atoms with Gasteiger partial charge in [0.15, 0.2) is 11.5 Å². The maximum Gasteiger partial charge on any atom is 0.243 e. The lowest BCUT2D eigenvalue weighted by Crippen LogP contribution is -2.44. The van der Waals surface area contributed by atoms with E-state index in [9.17, 15) is 15.3 Å². The van der Waals surface area contributed by atoms with E-state index in [1.54, 1.807) is 13.8 Å². The van der Waals surface area contributed by atoms with Crippen molar-refractivity contribution in [2.24, 2.45) is 11.3 Å². The van der Waals surface area contributed by atoms with Gasteiger partial charge in [-0.3, -0.25) is 4.79 Å². The number of halogens is 1. The zero-order valence-corrected chi connectivity index (χ0v) is 16.0. The van der Waals surface area contributed by atoms with Crippen molar-refractivity contribution in [1.82, 2.24) is 5.32 Å². The molecule has 25 heavy (non-hydrogen) atoms. The summed E-state index contributed by atoms with van der Waals surface area (Å²) < 4.78 is 11.6. The number of nitriles is 2. The highest BCUT2D eigenvalue weighted by atomic mass is 79.9. The molecule has 2 heterocycles. The number of ether oxygens (including phenoxy) is 2. The van der Waals surface area contributed by atoms with Crippen LogP contribution in [0.4, 0.5) is 0 Å². The maximum atomic E-state index is 12.2. The second kappa shape index (κ2) is 6.62. The fourth-order valence-corrected chi connectivity index (χ4v) is 4.57. The van der Waals surface area contributed by atoms with Gasteiger partial charge in [-0.25, -0.2) is 0 Å². The van der Waals surface area contributed by atoms with Crippen LogP contribution in [0.1, 0.15) is 19.4 Å². The van der Waals surface area contributed by atoms with E-state index in [0.29, 0.717) is 27.9 Å². The number of fused-ring (bicyclic) bond motifs is 1. The van der Waals surface area contributed by atoms with Crippen molar-refractivity contribution in [3.63, 3.8) is 0 Å². The van der Waals surface area contributed by atoms with Crippen molar-refractivity contribution < 1.29 is 14.3 Å². The summed E-state index contributed by atoms with van der Waals surface area (Å²) in [5, 5.41) is 22.0. The topological polar surface area (TPSA) is 95.1 Å². The molecule has 0 saturated heterocycles. The third-order valence-corrected chi connectivity index (χ3v) is 6.03. The number of benzene rings is 1. The first-order valence-corrected chi connectivity index (χ1v) is 9.22. The number of allylic oxidation sites excluding steroid dienone is 1. The number of hydrogen-bond donors (Lipinski definition) is 1. The zero-order valence-electron chi connectivity index (χ0n) is 13.6. The minimum absolute atomic E-state index is 0.196. The predicted octanol–water partition coefficient (Wildman–Crippen LogP) is 3.44. The molecule has 1 aromatic carbocycles. The van der Waals surface area contributed by atoms with E-state index in [-0.39, 0.29) is 12.7 Å². The molecule has 0 saturated carbocycles. The minimum Gasteiger partial charge on any atom is -0.454 e. The molecule has 0 bridgehead atoms. The van der Waals surface area contributed by atoms with Gasteiger partial charge in [0.1, 0.15) is 5.92 Å². The Labute approximate surface area is 157 Å². The van der Waals surface area contributed by atoms with Crippen molar-refractivity contribution in [3.05, 3.63) is 32.8 Å². The van der Waals surface area contributed by atoms with Gasteiger partial charge in [0.2, 0.25) is 12.7 Å². The molecule has 0 fully saturated rings. The van der Waals surface area contributed by atoms with Crippen LogP contribution >= 0.6 is 27.7 Å². The summed E-state index contributed by atoms with van der Waals surface area (Å²) in [6.45, 7) is 3.69. The number of hydrogen-bond acceptors (Lipinski definition) is 6. The first-order valence-electron chi connectivity index (χ1n) is 7.44. The predicted molar refractivity (Wildman–Crippen MR) is 95.2 cm³/mol. The average molecular weight is 420 g/mol. The van der Waals surface area contributed by atoms with Crippen LogP contribution in [0.2, 0.25) is 0 Å². The molecule has 0 aliphatic carbocycles. The summed E-state index contributed by atoms with van der Waals surface area (Å²) in [5.74, 6) is 0.612. The van der Waals surface area contributed by atoms with Crippen LogP contribution in [0.3, 0.4) is 0 Å². The van der Waals surface area contributed by atoms with Crippen LogP contribution < -0.4 is 14.8 Å². The fourth-order valence-electron chi connectivity index (χ4n) is 2.75. The highest BCUT2D eigenvalue weighted by Gasteiger charge is 2.44. The number of nitrogens with one attached hydrogen (secondary N) is 1. The van der Waals surface area contributed by atoms with Gasteiger partial charge in [-0.15, -0.1) is 11.8 Å². The SMILES string of the molecule is CC1(C)C(C#N)=C(SCc2cc3c(cc2Br)OCO3)NC(=O)[C@H]1C#N. The Kier molecular flexibility index (Phi) is 4.68. The van der Waals surface area contributed by atoms with Crippen molar-refractivity contribution in [2.75, 3.05) is 6.79 Å². The Morgan fingerprint density at radius 1 is 1.36 bits per heavy atom. The molecular formula is C17H14BrN3O3S. The molecule has 2 aliphatic rings. The largest absolute Gasteiger partial charge is 0.454 e. The highest BCUT2D eigenvalue weighted by molar-refractivity contribution is 9.10. The lowest BCUT2D eigenvalue weighted by molar-refractivity contribution is -0.125. The van der Waals surface area contributed by atoms with Gasteiger partial charge in [-0.1, -0.05) is 29.8 Å². The molecule has 0 radical (unpaired) electrons. The van der Waals surface area contributed by atoms with E-state index in [0.717, 1.165) is 10.0 Å². The van der Waals surface area contributed by atoms with E-state index in [2.05, 4.69) is 27.3 Å². The smallest absolute Gasteiger partial charge is 0.243 e. The monoisotopic (exact) mass is 419 g/mol. The van der Waals surface area contributed by atoms with Crippen molar-refractivity contribution in [2.45, 2.75) is 19.6 Å². The average Bonchev–Trinajstić information content (AvgIpc) is 2.99. The summed E-state index contributed by atoms with van der Waals surface area (Å²) in [4.78, 5) is 12.2. The molecule has 1 aromatic rings. The number of thioether (sulfide) groups is 1. The molecule has 1 amide bonds. The Balaban J connectivity index is 1.88. The molecule has 2 aliphatic heterocycles. The number of amides is 1. The number of carbonyl (C=O) groups excluding carboxylic acids is 1. The van der Waals surface area contributed by atoms with Crippen LogP contribution in [0.5, 0.6) is 11.5 Å². The number of carbonyl (C=O) groups is 1. The van der Waals surface area contributed by atoms with Crippen molar-refractivity contribution >= 4 is 33.6 Å². The molecule has 8 heteroatoms. The second-order valence-electron chi connectivity index (χ2n) is 6.17. The molecule has 1 N–H and O–H groups in total. The maximum absolute atomic E-state index is 12.2. The van der Waals surface area contributed by atoms with Crippen LogP contribution in [0.15, 0.2) is 27.2 Å². The van der Waals surface area contributed by atoms with Gasteiger partial charge in [0.05, 0.1) is 22.7 Å². The van der Waals surface area contributed by atoms with Crippen LogP contribution in [0, 0.1) is 34.0 Å². The molecule has 0 spiro atoms. The highest BCUT2D eigenvalue weighted by Crippen LogP contribution is 2.44. The summed E-state index contributed by atoms with van der Waals surface area (Å²) in [6.07, 6.45) is 0. The second-order valence-corrected chi connectivity index (χ2v) is 8.01. The molecular weight excluding hydrogens is 406 g/mol. The van der Waals surface area contributed by atoms with E-state index < -0.39 is 11.3 Å². The van der Waals surface area contributed by atoms with E-state index in [1.807, 2.05) is 18.2 Å². The summed E-state index contributed by atoms with van der Waals surface area (Å²) >= 11 is 4.85. The van der Waals surface area contributed by atoms with Gasteiger partial charge in [0, 0.05) is 15.6 Å². The fraction of sp³-hybridized carbons (Fsp3) is 0.353. The van der Waals surface area contributed by atoms with Crippen LogP contribution in [-0.2, 0) is 10.5 Å². The molecule has 6 nitrogen and oxygen atoms in total. The van der Waals surface area contributed by atoms with Crippen molar-refractivity contribution in [1.29, 1.82) is 10.5 Å². The lowest BCUT2D eigenvalue weighted by Gasteiger charge is -2.34. The third-order valence-electron chi connectivity index (χ3n) is 4.25. The summed E-state index contributed by atoms with van der Waals surface area (Å²) in [5.41, 5.74) is 0.536. The number of rotatable bonds is 3. The van der Waals surface area contributed by atoms with Crippen LogP contribution in [-0.4, -0.2) is 12.7 Å². The van der Waals surface area contributed by atoms with Gasteiger partial charge >= 0.3 is 0 Å². The molecule has 1 atom stereocenters. The lowest BCUT2D eigenvalue weighted by atomic mass is 9.72. The van der Waals surface area contributed by atoms with E-state index in [1.165, 1.54) is 11.8 Å². The summed E-state index contributed by atoms with van der Waals surface area (Å²) in [6, 6.07) is 7.87. The van der Waals surface area contributed by atoms with Gasteiger partial charge in [0.25, 0.3) is 0 Å². The molecule has 0 unspecified atom stereocenters. The normalized spacial score (nSPS) is 20.7. The quantitative estimate of drug-likeness (QED) is 0.805. The van der Waals surface area contributed by atoms with Gasteiger partial charge < -0.3 is 14.8 Å². The molecule has 128 valence electrons. The minimum atomic E-state index is -0.885. The Morgan fingerprint density at radius 3 is 2.68 bits per heavy atom. The Bertz CT molecular complexity index is 867. The Morgan fingerprint density at radius 2 is 2.04 bits per heavy atom. The van der Waals surface area contributed by atoms with E-state index in [4.69, 9.17) is 9.47 Å². The van der Waals surface area contributed by atoms with E-state index >= 15 is 0 Å². The first kappa shape index (κ1) is 17.7. The summed E-state index contributed by atoms with van der Waals surface area (Å²) in [7, 11) is 0. The number of nitrogens with zero attached hydrogens (tertiary/aromatic N) is 2. The third kappa shape index (κ3) is 3.08. The first-order chi connectivity index (χ1) is 11.9. The van der Waals surface area contributed by atoms with Gasteiger partial charge in [-0.05, 0) is 17.7 Å². The van der Waals surface area contributed by atoms with Gasteiger partial charge in [-0.2, -0.15) is 10.5 Å². The standard InChI is InChI=1S/C17H14BrN3O3S/c1-17(2)10(5-19)15(22)21-16(11(17)6-20)25-7-9-3-13-14(4-12(9)18)24-8-23-13/h3-4,10H,7-8H2,1-2H3,(H,21,22)/t10-/m1/s1.